The number of esters is 2. The summed E-state index contributed by atoms with van der Waals surface area (Å²) in [6, 6.07) is 4.36. The molecule has 8 heteroatoms. The van der Waals surface area contributed by atoms with Gasteiger partial charge in [0.1, 0.15) is 6.61 Å². The molecule has 0 aliphatic carbocycles. The molecule has 0 saturated heterocycles. The van der Waals surface area contributed by atoms with Crippen LogP contribution >= 0.6 is 0 Å². The molecule has 150 valence electrons. The van der Waals surface area contributed by atoms with Crippen molar-refractivity contribution in [3.63, 3.8) is 0 Å². The summed E-state index contributed by atoms with van der Waals surface area (Å²) in [4.78, 5) is 33.7. The molecule has 0 aliphatic rings. The maximum Gasteiger partial charge on any atom is 0.311 e. The van der Waals surface area contributed by atoms with Crippen LogP contribution in [0.5, 0.6) is 5.75 Å². The summed E-state index contributed by atoms with van der Waals surface area (Å²) < 4.78 is 15.1. The lowest BCUT2D eigenvalue weighted by Crippen LogP contribution is -2.09. The van der Waals surface area contributed by atoms with Crippen molar-refractivity contribution < 1.29 is 28.7 Å². The summed E-state index contributed by atoms with van der Waals surface area (Å²) in [6.07, 6.45) is 4.74. The zero-order valence-electron chi connectivity index (χ0n) is 15.9. The van der Waals surface area contributed by atoms with Crippen LogP contribution in [0.2, 0.25) is 0 Å². The minimum Gasteiger partial charge on any atom is -0.490 e. The SMILES string of the molecule is CCCCCCOC(=O)CCCC(=O)OCc1ccc(OC)c([N+](=O)[O-])c1. The van der Waals surface area contributed by atoms with Gasteiger partial charge < -0.3 is 14.2 Å². The zero-order chi connectivity index (χ0) is 20.1. The molecule has 0 spiro atoms. The summed E-state index contributed by atoms with van der Waals surface area (Å²) >= 11 is 0. The van der Waals surface area contributed by atoms with Crippen LogP contribution in [0.3, 0.4) is 0 Å². The molecule has 27 heavy (non-hydrogen) atoms. The Labute approximate surface area is 158 Å². The Balaban J connectivity index is 2.26. The lowest BCUT2D eigenvalue weighted by molar-refractivity contribution is -0.385. The molecule has 0 saturated carbocycles. The zero-order valence-corrected chi connectivity index (χ0v) is 15.9. The number of methoxy groups -OCH3 is 1. The number of benzene rings is 1. The molecule has 0 radical (unpaired) electrons. The predicted octanol–water partition coefficient (Wildman–Crippen LogP) is 3.94. The lowest BCUT2D eigenvalue weighted by atomic mass is 10.2. The first-order valence-corrected chi connectivity index (χ1v) is 9.10. The molecule has 0 N–H and O–H groups in total. The summed E-state index contributed by atoms with van der Waals surface area (Å²) in [5, 5.41) is 11.0. The van der Waals surface area contributed by atoms with E-state index in [0.29, 0.717) is 18.6 Å². The van der Waals surface area contributed by atoms with Crippen molar-refractivity contribution in [2.24, 2.45) is 0 Å². The molecule has 0 fully saturated rings. The maximum absolute atomic E-state index is 11.7. The van der Waals surface area contributed by atoms with E-state index in [2.05, 4.69) is 6.92 Å². The Hall–Kier alpha value is -2.64. The topological polar surface area (TPSA) is 105 Å². The molecular weight excluding hydrogens is 354 g/mol. The quantitative estimate of drug-likeness (QED) is 0.220. The van der Waals surface area contributed by atoms with E-state index in [1.165, 1.54) is 19.2 Å². The maximum atomic E-state index is 11.7. The largest absolute Gasteiger partial charge is 0.490 e. The van der Waals surface area contributed by atoms with E-state index < -0.39 is 10.9 Å². The molecule has 0 atom stereocenters. The van der Waals surface area contributed by atoms with Crippen LogP contribution in [0.25, 0.3) is 0 Å². The van der Waals surface area contributed by atoms with Crippen LogP contribution in [0.4, 0.5) is 5.69 Å². The van der Waals surface area contributed by atoms with Crippen molar-refractivity contribution in [2.45, 2.75) is 58.5 Å². The van der Waals surface area contributed by atoms with Crippen LogP contribution in [-0.2, 0) is 25.7 Å². The fourth-order valence-electron chi connectivity index (χ4n) is 2.37. The van der Waals surface area contributed by atoms with E-state index in [1.807, 2.05) is 0 Å². The molecule has 8 nitrogen and oxygen atoms in total. The Bertz CT molecular complexity index is 630. The molecule has 1 aromatic carbocycles. The predicted molar refractivity (Wildman–Crippen MR) is 98.4 cm³/mol. The average molecular weight is 381 g/mol. The van der Waals surface area contributed by atoms with Gasteiger partial charge in [-0.25, -0.2) is 0 Å². The first kappa shape index (κ1) is 22.4. The van der Waals surface area contributed by atoms with Crippen molar-refractivity contribution in [2.75, 3.05) is 13.7 Å². The van der Waals surface area contributed by atoms with E-state index in [1.54, 1.807) is 6.07 Å². The van der Waals surface area contributed by atoms with E-state index in [9.17, 15) is 19.7 Å². The highest BCUT2D eigenvalue weighted by atomic mass is 16.6. The van der Waals surface area contributed by atoms with Crippen molar-refractivity contribution >= 4 is 17.6 Å². The fraction of sp³-hybridized carbons (Fsp3) is 0.579. The molecule has 1 rings (SSSR count). The fourth-order valence-corrected chi connectivity index (χ4v) is 2.37. The standard InChI is InChI=1S/C19H27NO7/c1-3-4-5-6-12-26-18(21)8-7-9-19(22)27-14-15-10-11-17(25-2)16(13-15)20(23)24/h10-11,13H,3-9,12,14H2,1-2H3. The second-order valence-corrected chi connectivity index (χ2v) is 6.06. The number of hydrogen-bond acceptors (Lipinski definition) is 7. The van der Waals surface area contributed by atoms with E-state index >= 15 is 0 Å². The number of nitro groups is 1. The van der Waals surface area contributed by atoms with Gasteiger partial charge in [-0.2, -0.15) is 0 Å². The van der Waals surface area contributed by atoms with Crippen molar-refractivity contribution in [3.05, 3.63) is 33.9 Å². The summed E-state index contributed by atoms with van der Waals surface area (Å²) in [6.45, 7) is 2.45. The number of carbonyl (C=O) groups is 2. The summed E-state index contributed by atoms with van der Waals surface area (Å²) in [5.41, 5.74) is 0.301. The van der Waals surface area contributed by atoms with Gasteiger partial charge >= 0.3 is 17.6 Å². The number of hydrogen-bond donors (Lipinski definition) is 0. The molecule has 0 bridgehead atoms. The highest BCUT2D eigenvalue weighted by Crippen LogP contribution is 2.27. The minimum absolute atomic E-state index is 0.0778. The monoisotopic (exact) mass is 381 g/mol. The van der Waals surface area contributed by atoms with Gasteiger partial charge in [0.2, 0.25) is 0 Å². The number of ether oxygens (including phenoxy) is 3. The van der Waals surface area contributed by atoms with E-state index in [4.69, 9.17) is 14.2 Å². The summed E-state index contributed by atoms with van der Waals surface area (Å²) in [7, 11) is 1.35. The molecule has 0 heterocycles. The van der Waals surface area contributed by atoms with Crippen LogP contribution in [0, 0.1) is 10.1 Å². The summed E-state index contributed by atoms with van der Waals surface area (Å²) in [5.74, 6) is -0.641. The molecular formula is C19H27NO7. The molecule has 0 aliphatic heterocycles. The molecule has 0 unspecified atom stereocenters. The third kappa shape index (κ3) is 9.03. The molecule has 0 amide bonds. The number of rotatable bonds is 13. The Kier molecular flexibility index (Phi) is 10.5. The Morgan fingerprint density at radius 2 is 1.74 bits per heavy atom. The van der Waals surface area contributed by atoms with E-state index in [0.717, 1.165) is 25.7 Å². The normalized spacial score (nSPS) is 10.3. The highest BCUT2D eigenvalue weighted by Gasteiger charge is 2.16. The van der Waals surface area contributed by atoms with Crippen LogP contribution < -0.4 is 4.74 Å². The molecule has 0 aromatic heterocycles. The van der Waals surface area contributed by atoms with Gasteiger partial charge in [-0.05, 0) is 24.5 Å². The van der Waals surface area contributed by atoms with Gasteiger partial charge in [-0.15, -0.1) is 0 Å². The van der Waals surface area contributed by atoms with Crippen molar-refractivity contribution in [1.82, 2.24) is 0 Å². The minimum atomic E-state index is -0.558. The van der Waals surface area contributed by atoms with Gasteiger partial charge in [-0.3, -0.25) is 19.7 Å². The first-order chi connectivity index (χ1) is 13.0. The van der Waals surface area contributed by atoms with Gasteiger partial charge in [0.15, 0.2) is 5.75 Å². The smallest absolute Gasteiger partial charge is 0.311 e. The molecule has 1 aromatic rings. The number of nitrogens with zero attached hydrogens (tertiary/aromatic N) is 1. The van der Waals surface area contributed by atoms with Gasteiger partial charge in [0, 0.05) is 18.9 Å². The van der Waals surface area contributed by atoms with Gasteiger partial charge in [0.25, 0.3) is 0 Å². The van der Waals surface area contributed by atoms with Crippen LogP contribution in [-0.4, -0.2) is 30.6 Å². The number of unbranched alkanes of at least 4 members (excludes halogenated alkanes) is 3. The van der Waals surface area contributed by atoms with Gasteiger partial charge in [0.05, 0.1) is 18.6 Å². The third-order valence-electron chi connectivity index (χ3n) is 3.86. The number of carbonyl (C=O) groups excluding carboxylic acids is 2. The first-order valence-electron chi connectivity index (χ1n) is 9.10. The van der Waals surface area contributed by atoms with E-state index in [-0.39, 0.29) is 36.9 Å². The highest BCUT2D eigenvalue weighted by molar-refractivity contribution is 5.72. The lowest BCUT2D eigenvalue weighted by Gasteiger charge is -2.07. The second kappa shape index (κ2) is 12.7. The van der Waals surface area contributed by atoms with Crippen LogP contribution in [0.15, 0.2) is 18.2 Å². The Morgan fingerprint density at radius 1 is 1.04 bits per heavy atom. The van der Waals surface area contributed by atoms with Crippen molar-refractivity contribution in [3.8, 4) is 5.75 Å². The average Bonchev–Trinajstić information content (AvgIpc) is 2.65. The number of nitro benzene ring substituents is 1. The van der Waals surface area contributed by atoms with Crippen LogP contribution in [0.1, 0.15) is 57.4 Å². The van der Waals surface area contributed by atoms with Gasteiger partial charge in [-0.1, -0.05) is 32.3 Å². The third-order valence-corrected chi connectivity index (χ3v) is 3.86. The van der Waals surface area contributed by atoms with Crippen molar-refractivity contribution in [1.29, 1.82) is 0 Å². The Morgan fingerprint density at radius 3 is 2.37 bits per heavy atom. The second-order valence-electron chi connectivity index (χ2n) is 6.06.